The van der Waals surface area contributed by atoms with Crippen molar-refractivity contribution in [3.63, 3.8) is 0 Å². The number of nitrogens with zero attached hydrogens (tertiary/aromatic N) is 1. The van der Waals surface area contributed by atoms with Crippen LogP contribution in [0, 0.1) is 0 Å². The van der Waals surface area contributed by atoms with Crippen molar-refractivity contribution in [2.45, 2.75) is 6.54 Å². The van der Waals surface area contributed by atoms with E-state index in [4.69, 9.17) is 11.6 Å². The van der Waals surface area contributed by atoms with Crippen LogP contribution in [0.15, 0.2) is 72.9 Å². The second kappa shape index (κ2) is 5.33. The first-order valence-corrected chi connectivity index (χ1v) is 6.66. The van der Waals surface area contributed by atoms with Crippen molar-refractivity contribution in [1.29, 1.82) is 0 Å². The van der Waals surface area contributed by atoms with Crippen LogP contribution >= 0.6 is 11.6 Å². The zero-order valence-electron chi connectivity index (χ0n) is 10.5. The molecule has 0 bridgehead atoms. The Morgan fingerprint density at radius 1 is 0.789 bits per heavy atom. The second-order valence-electron chi connectivity index (χ2n) is 4.50. The summed E-state index contributed by atoms with van der Waals surface area (Å²) in [6, 6.07) is 22.6. The first-order chi connectivity index (χ1) is 9.34. The van der Waals surface area contributed by atoms with E-state index < -0.39 is 0 Å². The lowest BCUT2D eigenvalue weighted by Gasteiger charge is -2.06. The van der Waals surface area contributed by atoms with E-state index in [1.165, 1.54) is 5.56 Å². The van der Waals surface area contributed by atoms with Crippen molar-refractivity contribution in [1.82, 2.24) is 4.57 Å². The fourth-order valence-corrected chi connectivity index (χ4v) is 2.48. The molecular formula is C17H14ClN. The van der Waals surface area contributed by atoms with E-state index in [1.807, 2.05) is 42.6 Å². The Kier molecular flexibility index (Phi) is 3.39. The molecule has 0 amide bonds. The van der Waals surface area contributed by atoms with E-state index >= 15 is 0 Å². The van der Waals surface area contributed by atoms with Gasteiger partial charge >= 0.3 is 0 Å². The summed E-state index contributed by atoms with van der Waals surface area (Å²) in [5.74, 6) is 0. The van der Waals surface area contributed by atoms with Gasteiger partial charge < -0.3 is 4.57 Å². The highest BCUT2D eigenvalue weighted by molar-refractivity contribution is 6.32. The number of rotatable bonds is 3. The number of benzene rings is 2. The molecule has 0 aliphatic rings. The minimum Gasteiger partial charge on any atom is -0.334 e. The lowest BCUT2D eigenvalue weighted by Crippen LogP contribution is -1.97. The summed E-state index contributed by atoms with van der Waals surface area (Å²) in [6.07, 6.45) is 2.04. The van der Waals surface area contributed by atoms with Crippen molar-refractivity contribution < 1.29 is 0 Å². The van der Waals surface area contributed by atoms with Crippen molar-refractivity contribution in [2.75, 3.05) is 0 Å². The summed E-state index contributed by atoms with van der Waals surface area (Å²) < 4.78 is 2.07. The Balaban J connectivity index is 1.92. The van der Waals surface area contributed by atoms with Gasteiger partial charge in [0.05, 0.1) is 0 Å². The van der Waals surface area contributed by atoms with Crippen LogP contribution in [0.4, 0.5) is 0 Å². The van der Waals surface area contributed by atoms with Gasteiger partial charge in [-0.3, -0.25) is 0 Å². The molecule has 0 spiro atoms. The Morgan fingerprint density at radius 3 is 2.11 bits per heavy atom. The van der Waals surface area contributed by atoms with Gasteiger partial charge in [-0.05, 0) is 17.2 Å². The van der Waals surface area contributed by atoms with E-state index in [1.54, 1.807) is 0 Å². The third kappa shape index (κ3) is 2.56. The fourth-order valence-electron chi connectivity index (χ4n) is 2.19. The van der Waals surface area contributed by atoms with Crippen LogP contribution in [0.3, 0.4) is 0 Å². The van der Waals surface area contributed by atoms with Crippen LogP contribution in [-0.2, 0) is 6.54 Å². The van der Waals surface area contributed by atoms with Gasteiger partial charge in [-0.1, -0.05) is 72.3 Å². The topological polar surface area (TPSA) is 4.93 Å². The molecule has 0 aliphatic carbocycles. The standard InChI is InChI=1S/C17H14ClN/c18-17-16(15-9-5-2-6-10-15)11-12-19(17)13-14-7-3-1-4-8-14/h1-12H,13H2. The van der Waals surface area contributed by atoms with Gasteiger partial charge in [0.2, 0.25) is 0 Å². The quantitative estimate of drug-likeness (QED) is 0.639. The average molecular weight is 268 g/mol. The minimum atomic E-state index is 0.787. The molecule has 2 heteroatoms. The molecule has 19 heavy (non-hydrogen) atoms. The first kappa shape index (κ1) is 12.1. The molecule has 0 unspecified atom stereocenters. The highest BCUT2D eigenvalue weighted by Gasteiger charge is 2.08. The Morgan fingerprint density at radius 2 is 1.42 bits per heavy atom. The number of halogens is 1. The van der Waals surface area contributed by atoms with E-state index in [2.05, 4.69) is 34.9 Å². The second-order valence-corrected chi connectivity index (χ2v) is 4.86. The summed E-state index contributed by atoms with van der Waals surface area (Å²) in [6.45, 7) is 0.798. The maximum Gasteiger partial charge on any atom is 0.117 e. The molecule has 1 heterocycles. The fraction of sp³-hybridized carbons (Fsp3) is 0.0588. The van der Waals surface area contributed by atoms with Crippen molar-refractivity contribution in [3.8, 4) is 11.1 Å². The predicted molar refractivity (Wildman–Crippen MR) is 80.4 cm³/mol. The van der Waals surface area contributed by atoms with E-state index in [-0.39, 0.29) is 0 Å². The average Bonchev–Trinajstić information content (AvgIpc) is 2.82. The van der Waals surface area contributed by atoms with Crippen LogP contribution in [0.25, 0.3) is 11.1 Å². The summed E-state index contributed by atoms with van der Waals surface area (Å²) in [5, 5.41) is 0.787. The molecule has 0 atom stereocenters. The Bertz CT molecular complexity index is 656. The lowest BCUT2D eigenvalue weighted by atomic mass is 10.1. The van der Waals surface area contributed by atoms with Crippen LogP contribution in [0.1, 0.15) is 5.56 Å². The molecule has 2 aromatic carbocycles. The van der Waals surface area contributed by atoms with Gasteiger partial charge in [0.25, 0.3) is 0 Å². The predicted octanol–water partition coefficient (Wildman–Crippen LogP) is 4.86. The molecular weight excluding hydrogens is 254 g/mol. The molecule has 0 N–H and O–H groups in total. The van der Waals surface area contributed by atoms with Crippen molar-refractivity contribution in [3.05, 3.63) is 83.6 Å². The van der Waals surface area contributed by atoms with Crippen molar-refractivity contribution in [2.24, 2.45) is 0 Å². The minimum absolute atomic E-state index is 0.787. The third-order valence-corrected chi connectivity index (χ3v) is 3.60. The van der Waals surface area contributed by atoms with Gasteiger partial charge in [-0.25, -0.2) is 0 Å². The highest BCUT2D eigenvalue weighted by atomic mass is 35.5. The van der Waals surface area contributed by atoms with Crippen LogP contribution in [0.5, 0.6) is 0 Å². The van der Waals surface area contributed by atoms with Crippen LogP contribution < -0.4 is 0 Å². The third-order valence-electron chi connectivity index (χ3n) is 3.18. The summed E-state index contributed by atoms with van der Waals surface area (Å²) in [5.41, 5.74) is 3.48. The molecule has 1 nitrogen and oxygen atoms in total. The largest absolute Gasteiger partial charge is 0.334 e. The number of hydrogen-bond acceptors (Lipinski definition) is 0. The zero-order valence-corrected chi connectivity index (χ0v) is 11.2. The normalized spacial score (nSPS) is 10.6. The first-order valence-electron chi connectivity index (χ1n) is 6.28. The van der Waals surface area contributed by atoms with Gasteiger partial charge in [0, 0.05) is 18.3 Å². The summed E-state index contributed by atoms with van der Waals surface area (Å²) in [7, 11) is 0. The zero-order chi connectivity index (χ0) is 13.1. The molecule has 1 aromatic heterocycles. The van der Waals surface area contributed by atoms with Gasteiger partial charge in [-0.15, -0.1) is 0 Å². The molecule has 0 saturated heterocycles. The van der Waals surface area contributed by atoms with Gasteiger partial charge in [0.15, 0.2) is 0 Å². The number of hydrogen-bond donors (Lipinski definition) is 0. The van der Waals surface area contributed by atoms with Gasteiger partial charge in [-0.2, -0.15) is 0 Å². The van der Waals surface area contributed by atoms with Crippen LogP contribution in [0.2, 0.25) is 5.15 Å². The van der Waals surface area contributed by atoms with Gasteiger partial charge in [0.1, 0.15) is 5.15 Å². The smallest absolute Gasteiger partial charge is 0.117 e. The Labute approximate surface area is 118 Å². The molecule has 0 aliphatic heterocycles. The molecule has 0 saturated carbocycles. The maximum atomic E-state index is 6.47. The molecule has 3 rings (SSSR count). The SMILES string of the molecule is Clc1c(-c2ccccc2)ccn1Cc1ccccc1. The lowest BCUT2D eigenvalue weighted by molar-refractivity contribution is 0.808. The molecule has 3 aromatic rings. The molecule has 0 radical (unpaired) electrons. The Hall–Kier alpha value is -1.99. The summed E-state index contributed by atoms with van der Waals surface area (Å²) in [4.78, 5) is 0. The van der Waals surface area contributed by atoms with Crippen molar-refractivity contribution >= 4 is 11.6 Å². The summed E-state index contributed by atoms with van der Waals surface area (Å²) >= 11 is 6.47. The van der Waals surface area contributed by atoms with E-state index in [0.29, 0.717) is 0 Å². The molecule has 0 fully saturated rings. The monoisotopic (exact) mass is 267 g/mol. The van der Waals surface area contributed by atoms with Crippen LogP contribution in [-0.4, -0.2) is 4.57 Å². The molecule has 94 valence electrons. The maximum absolute atomic E-state index is 6.47. The highest BCUT2D eigenvalue weighted by Crippen LogP contribution is 2.29. The van der Waals surface area contributed by atoms with E-state index in [9.17, 15) is 0 Å². The van der Waals surface area contributed by atoms with E-state index in [0.717, 1.165) is 22.8 Å². The number of aromatic nitrogens is 1.